The van der Waals surface area contributed by atoms with Crippen LogP contribution in [0.3, 0.4) is 0 Å². The standard InChI is InChI=1S/C19H19N3O4S/c1-11-13-9-8-12(25-19(24)22(2)3)10-15(13)26-18(23)17(11)21-27-16-7-5-4-6-14(16)20/h4-10,21H,20H2,1-3H3. The van der Waals surface area contributed by atoms with E-state index < -0.39 is 11.7 Å². The number of nitrogens with one attached hydrogen (secondary N) is 1. The molecule has 0 atom stereocenters. The number of ether oxygens (including phenoxy) is 1. The fourth-order valence-corrected chi connectivity index (χ4v) is 3.17. The van der Waals surface area contributed by atoms with Gasteiger partial charge >= 0.3 is 11.7 Å². The number of carbonyl (C=O) groups is 1. The molecule has 0 aliphatic heterocycles. The molecule has 8 heteroatoms. The van der Waals surface area contributed by atoms with Gasteiger partial charge in [0.15, 0.2) is 0 Å². The summed E-state index contributed by atoms with van der Waals surface area (Å²) in [4.78, 5) is 26.2. The Bertz CT molecular complexity index is 1060. The second-order valence-corrected chi connectivity index (χ2v) is 6.90. The van der Waals surface area contributed by atoms with E-state index in [2.05, 4.69) is 4.72 Å². The van der Waals surface area contributed by atoms with Crippen molar-refractivity contribution in [2.45, 2.75) is 11.8 Å². The molecule has 1 amide bonds. The zero-order valence-electron chi connectivity index (χ0n) is 15.1. The molecule has 0 fully saturated rings. The summed E-state index contributed by atoms with van der Waals surface area (Å²) in [6.07, 6.45) is -0.511. The lowest BCUT2D eigenvalue weighted by Crippen LogP contribution is -2.25. The quantitative estimate of drug-likeness (QED) is 0.400. The van der Waals surface area contributed by atoms with Crippen LogP contribution >= 0.6 is 11.9 Å². The number of carbonyl (C=O) groups excluding carboxylic acids is 1. The Kier molecular flexibility index (Phi) is 5.27. The highest BCUT2D eigenvalue weighted by atomic mass is 32.2. The number of nitrogens with two attached hydrogens (primary N) is 1. The van der Waals surface area contributed by atoms with Gasteiger partial charge in [-0.25, -0.2) is 9.59 Å². The number of fused-ring (bicyclic) bond motifs is 1. The van der Waals surface area contributed by atoms with E-state index in [1.807, 2.05) is 25.1 Å². The molecule has 0 radical (unpaired) electrons. The van der Waals surface area contributed by atoms with E-state index in [4.69, 9.17) is 14.9 Å². The van der Waals surface area contributed by atoms with Crippen molar-refractivity contribution in [3.63, 3.8) is 0 Å². The minimum atomic E-state index is -0.516. The van der Waals surface area contributed by atoms with Gasteiger partial charge in [-0.3, -0.25) is 0 Å². The number of hydrogen-bond acceptors (Lipinski definition) is 7. The molecular formula is C19H19N3O4S. The zero-order valence-corrected chi connectivity index (χ0v) is 15.9. The van der Waals surface area contributed by atoms with Crippen LogP contribution in [0.15, 0.2) is 56.6 Å². The molecule has 0 bridgehead atoms. The van der Waals surface area contributed by atoms with E-state index in [1.165, 1.54) is 22.9 Å². The highest BCUT2D eigenvalue weighted by Crippen LogP contribution is 2.30. The van der Waals surface area contributed by atoms with Crippen LogP contribution in [0.1, 0.15) is 5.56 Å². The van der Waals surface area contributed by atoms with Crippen molar-refractivity contribution in [3.05, 3.63) is 58.4 Å². The summed E-state index contributed by atoms with van der Waals surface area (Å²) < 4.78 is 13.6. The van der Waals surface area contributed by atoms with Gasteiger partial charge in [-0.1, -0.05) is 12.1 Å². The number of amides is 1. The Balaban J connectivity index is 1.91. The van der Waals surface area contributed by atoms with Crippen LogP contribution in [-0.4, -0.2) is 25.1 Å². The van der Waals surface area contributed by atoms with E-state index in [-0.39, 0.29) is 0 Å². The zero-order chi connectivity index (χ0) is 19.6. The molecule has 0 aliphatic carbocycles. The smallest absolute Gasteiger partial charge is 0.414 e. The maximum Gasteiger partial charge on any atom is 0.414 e. The number of anilines is 2. The van der Waals surface area contributed by atoms with Crippen LogP contribution < -0.4 is 20.8 Å². The molecular weight excluding hydrogens is 366 g/mol. The topological polar surface area (TPSA) is 97.8 Å². The van der Waals surface area contributed by atoms with Gasteiger partial charge in [0, 0.05) is 31.2 Å². The van der Waals surface area contributed by atoms with Gasteiger partial charge in [0.1, 0.15) is 17.0 Å². The number of benzene rings is 2. The van der Waals surface area contributed by atoms with E-state index in [0.717, 1.165) is 15.8 Å². The van der Waals surface area contributed by atoms with Gasteiger partial charge in [-0.2, -0.15) is 0 Å². The summed E-state index contributed by atoms with van der Waals surface area (Å²) in [5.74, 6) is 0.302. The maximum absolute atomic E-state index is 12.4. The van der Waals surface area contributed by atoms with Gasteiger partial charge in [-0.15, -0.1) is 0 Å². The first kappa shape index (κ1) is 18.7. The molecule has 1 heterocycles. The second-order valence-electron chi connectivity index (χ2n) is 6.05. The molecule has 140 valence electrons. The Morgan fingerprint density at radius 1 is 1.22 bits per heavy atom. The lowest BCUT2D eigenvalue weighted by molar-refractivity contribution is 0.172. The summed E-state index contributed by atoms with van der Waals surface area (Å²) in [5, 5.41) is 0.739. The third-order valence-electron chi connectivity index (χ3n) is 3.89. The normalized spacial score (nSPS) is 10.6. The summed E-state index contributed by atoms with van der Waals surface area (Å²) >= 11 is 1.24. The van der Waals surface area contributed by atoms with Crippen molar-refractivity contribution in [2.24, 2.45) is 0 Å². The number of aryl methyl sites for hydroxylation is 1. The maximum atomic E-state index is 12.4. The second kappa shape index (κ2) is 7.63. The fraction of sp³-hybridized carbons (Fsp3) is 0.158. The molecule has 1 aromatic heterocycles. The number of hydrogen-bond donors (Lipinski definition) is 2. The van der Waals surface area contributed by atoms with Crippen molar-refractivity contribution >= 4 is 40.4 Å². The average Bonchev–Trinajstić information content (AvgIpc) is 2.62. The van der Waals surface area contributed by atoms with Gasteiger partial charge < -0.3 is 24.5 Å². The van der Waals surface area contributed by atoms with E-state index in [1.54, 1.807) is 32.3 Å². The summed E-state index contributed by atoms with van der Waals surface area (Å²) in [6, 6.07) is 12.3. The molecule has 0 aliphatic rings. The van der Waals surface area contributed by atoms with Crippen molar-refractivity contribution in [2.75, 3.05) is 24.6 Å². The Labute approximate surface area is 160 Å². The predicted molar refractivity (Wildman–Crippen MR) is 107 cm³/mol. The van der Waals surface area contributed by atoms with Crippen molar-refractivity contribution < 1.29 is 13.9 Å². The molecule has 3 rings (SSSR count). The largest absolute Gasteiger partial charge is 0.421 e. The van der Waals surface area contributed by atoms with Crippen LogP contribution in [-0.2, 0) is 0 Å². The summed E-state index contributed by atoms with van der Waals surface area (Å²) in [7, 11) is 3.17. The first-order valence-electron chi connectivity index (χ1n) is 8.11. The number of para-hydroxylation sites is 1. The van der Waals surface area contributed by atoms with E-state index >= 15 is 0 Å². The molecule has 0 saturated carbocycles. The molecule has 2 aromatic carbocycles. The van der Waals surface area contributed by atoms with Crippen molar-refractivity contribution in [3.8, 4) is 5.75 Å². The highest BCUT2D eigenvalue weighted by molar-refractivity contribution is 8.00. The number of nitrogen functional groups attached to an aromatic ring is 1. The fourth-order valence-electron chi connectivity index (χ4n) is 2.39. The van der Waals surface area contributed by atoms with Gasteiger partial charge in [0.2, 0.25) is 0 Å². The van der Waals surface area contributed by atoms with Crippen LogP contribution in [0, 0.1) is 6.92 Å². The lowest BCUT2D eigenvalue weighted by Gasteiger charge is -2.13. The van der Waals surface area contributed by atoms with Crippen LogP contribution in [0.5, 0.6) is 5.75 Å². The van der Waals surface area contributed by atoms with E-state index in [0.29, 0.717) is 22.7 Å². The SMILES string of the molecule is Cc1c(NSc2ccccc2N)c(=O)oc2cc(OC(=O)N(C)C)ccc12. The molecule has 7 nitrogen and oxygen atoms in total. The first-order valence-corrected chi connectivity index (χ1v) is 8.92. The Hall–Kier alpha value is -3.13. The van der Waals surface area contributed by atoms with Gasteiger partial charge in [0.05, 0.1) is 4.90 Å². The van der Waals surface area contributed by atoms with Crippen molar-refractivity contribution in [1.29, 1.82) is 0 Å². The predicted octanol–water partition coefficient (Wildman–Crippen LogP) is 3.86. The minimum absolute atomic E-state index is 0.302. The molecule has 0 unspecified atom stereocenters. The van der Waals surface area contributed by atoms with Crippen LogP contribution in [0.2, 0.25) is 0 Å². The minimum Gasteiger partial charge on any atom is -0.421 e. The Morgan fingerprint density at radius 2 is 1.96 bits per heavy atom. The summed E-state index contributed by atoms with van der Waals surface area (Å²) in [5.41, 5.74) is 7.44. The molecule has 27 heavy (non-hydrogen) atoms. The first-order chi connectivity index (χ1) is 12.9. The van der Waals surface area contributed by atoms with Crippen LogP contribution in [0.4, 0.5) is 16.2 Å². The van der Waals surface area contributed by atoms with Crippen LogP contribution in [0.25, 0.3) is 11.0 Å². The van der Waals surface area contributed by atoms with Crippen molar-refractivity contribution in [1.82, 2.24) is 4.90 Å². The van der Waals surface area contributed by atoms with Gasteiger partial charge in [0.25, 0.3) is 0 Å². The lowest BCUT2D eigenvalue weighted by atomic mass is 10.1. The molecule has 3 aromatic rings. The average molecular weight is 385 g/mol. The molecule has 0 spiro atoms. The molecule has 3 N–H and O–H groups in total. The number of nitrogens with zero attached hydrogens (tertiary/aromatic N) is 1. The summed E-state index contributed by atoms with van der Waals surface area (Å²) in [6.45, 7) is 1.82. The number of rotatable bonds is 4. The Morgan fingerprint density at radius 3 is 2.67 bits per heavy atom. The molecule has 0 saturated heterocycles. The monoisotopic (exact) mass is 385 g/mol. The van der Waals surface area contributed by atoms with Gasteiger partial charge in [-0.05, 0) is 48.7 Å². The highest BCUT2D eigenvalue weighted by Gasteiger charge is 2.14. The van der Waals surface area contributed by atoms with E-state index in [9.17, 15) is 9.59 Å². The third kappa shape index (κ3) is 4.01. The third-order valence-corrected chi connectivity index (χ3v) is 4.79.